The number of fused-ring (bicyclic) bond motifs is 1. The maximum atomic E-state index is 14.0. The van der Waals surface area contributed by atoms with Crippen molar-refractivity contribution in [2.75, 3.05) is 165 Å². The largest absolute Gasteiger partial charge is 0.420 e. The van der Waals surface area contributed by atoms with Crippen molar-refractivity contribution in [1.82, 2.24) is 19.7 Å². The van der Waals surface area contributed by atoms with Gasteiger partial charge in [0.15, 0.2) is 16.5 Å². The second kappa shape index (κ2) is 39.5. The number of halogens is 4. The van der Waals surface area contributed by atoms with Gasteiger partial charge < -0.3 is 63.2 Å². The lowest BCUT2D eigenvalue weighted by molar-refractivity contribution is -0.180. The van der Waals surface area contributed by atoms with E-state index < -0.39 is 56.4 Å². The number of hydrogen-bond acceptors (Lipinski definition) is 22. The molecule has 30 heteroatoms. The molecule has 0 radical (unpaired) electrons. The lowest BCUT2D eigenvalue weighted by Gasteiger charge is -2.38. The Morgan fingerprint density at radius 2 is 1.19 bits per heavy atom. The minimum absolute atomic E-state index is 0.0177. The molecule has 2 aromatic carbocycles. The molecule has 3 aromatic rings. The summed E-state index contributed by atoms with van der Waals surface area (Å²) in [7, 11) is -5.65. The number of nitrogens with two attached hydrogens (primary N) is 1. The lowest BCUT2D eigenvalue weighted by Crippen LogP contribution is -2.47. The van der Waals surface area contributed by atoms with Gasteiger partial charge in [-0.25, -0.2) is 23.1 Å². The molecule has 0 spiro atoms. The van der Waals surface area contributed by atoms with E-state index in [0.29, 0.717) is 142 Å². The highest BCUT2D eigenvalue weighted by atomic mass is 32.2. The van der Waals surface area contributed by atoms with E-state index in [2.05, 4.69) is 30.4 Å². The molecule has 0 bridgehead atoms. The fourth-order valence-corrected chi connectivity index (χ4v) is 9.56. The Labute approximate surface area is 496 Å². The quantitative estimate of drug-likeness (QED) is 0.00967. The third-order valence-electron chi connectivity index (χ3n) is 11.9. The van der Waals surface area contributed by atoms with Crippen molar-refractivity contribution < 1.29 is 102 Å². The highest BCUT2D eigenvalue weighted by Crippen LogP contribution is 2.36. The molecule has 2 amide bonds. The van der Waals surface area contributed by atoms with Gasteiger partial charge >= 0.3 is 16.1 Å². The number of benzene rings is 2. The van der Waals surface area contributed by atoms with Gasteiger partial charge in [-0.2, -0.15) is 17.2 Å². The Kier molecular flexibility index (Phi) is 32.7. The van der Waals surface area contributed by atoms with E-state index in [1.54, 1.807) is 11.9 Å². The molecular weight excluding hydrogens is 1170 g/mol. The van der Waals surface area contributed by atoms with E-state index in [1.807, 2.05) is 50.5 Å². The van der Waals surface area contributed by atoms with Gasteiger partial charge in [-0.3, -0.25) is 28.8 Å². The summed E-state index contributed by atoms with van der Waals surface area (Å²) in [5.74, 6) is -12.2. The molecule has 2 aliphatic rings. The normalized spacial score (nSPS) is 13.7. The number of ether oxygens (including phenoxy) is 11. The standard InChI is InChI=1S/C55H76F4N6O18S2/c1-3-9-65(82-4-2)55(68)42-30-41-6-5-40(32-45(41)63-46(60)33-42)43-31-44(36-61-35-43)84-64-37-39(38-64)34-62-47(66)7-10-72-12-14-74-16-18-76-20-22-78-24-26-80-28-29-81-27-25-79-23-21-77-19-17-75-15-13-73-11-8-48(67)83-53-49(56)51(58)54(85(69,70)71)52(59)50(53)57/h5-6,30-32,35-36,39H,3-4,7-29,33-34,37-38H2,1-2H3,(H2,60,63)(H,62,66)(H,69,70,71). The summed E-state index contributed by atoms with van der Waals surface area (Å²) in [6.45, 7) is 12.9. The number of carbonyl (C=O) groups is 3. The summed E-state index contributed by atoms with van der Waals surface area (Å²) in [6, 6.07) is 7.98. The second-order valence-corrected chi connectivity index (χ2v) is 21.1. The monoisotopic (exact) mass is 1250 g/mol. The lowest BCUT2D eigenvalue weighted by atomic mass is 10.0. The van der Waals surface area contributed by atoms with Crippen molar-refractivity contribution in [1.29, 1.82) is 0 Å². The van der Waals surface area contributed by atoms with Crippen molar-refractivity contribution in [2.45, 2.75) is 49.3 Å². The van der Waals surface area contributed by atoms with Gasteiger partial charge in [-0.1, -0.05) is 19.1 Å². The van der Waals surface area contributed by atoms with E-state index in [1.165, 1.54) is 5.06 Å². The molecule has 1 aromatic heterocycles. The van der Waals surface area contributed by atoms with Crippen LogP contribution in [0, 0.1) is 29.2 Å². The highest BCUT2D eigenvalue weighted by Gasteiger charge is 2.34. The molecule has 24 nitrogen and oxygen atoms in total. The van der Waals surface area contributed by atoms with Crippen molar-refractivity contribution >= 4 is 57.4 Å². The summed E-state index contributed by atoms with van der Waals surface area (Å²) in [4.78, 5) is 51.0. The predicted octanol–water partition coefficient (Wildman–Crippen LogP) is 5.12. The maximum Gasteiger partial charge on any atom is 0.313 e. The van der Waals surface area contributed by atoms with Crippen LogP contribution in [0.3, 0.4) is 0 Å². The SMILES string of the molecule is CCCN(OCC)C(=O)C1=Cc2ccc(-c3cncc(SN4CC(CNC(=O)CCOCCOCCOCCOCCOCCOCCOCCOCCOCCOCCC(=O)Oc5c(F)c(F)c(S(=O)(=O)O)c(F)c5F)C4)c3)cc2N=C(N)C1. The van der Waals surface area contributed by atoms with Gasteiger partial charge in [0.2, 0.25) is 23.3 Å². The van der Waals surface area contributed by atoms with Crippen LogP contribution in [-0.2, 0) is 76.7 Å². The van der Waals surface area contributed by atoms with Crippen LogP contribution < -0.4 is 15.8 Å². The zero-order valence-electron chi connectivity index (χ0n) is 47.7. The number of amidine groups is 1. The molecule has 0 saturated carbocycles. The van der Waals surface area contributed by atoms with Crippen LogP contribution >= 0.6 is 11.9 Å². The highest BCUT2D eigenvalue weighted by molar-refractivity contribution is 7.97. The number of rotatable bonds is 45. The van der Waals surface area contributed by atoms with E-state index in [0.717, 1.165) is 41.1 Å². The summed E-state index contributed by atoms with van der Waals surface area (Å²) in [5, 5.41) is 4.40. The van der Waals surface area contributed by atoms with Crippen molar-refractivity contribution in [3.05, 3.63) is 71.1 Å². The van der Waals surface area contributed by atoms with E-state index in [9.17, 15) is 40.4 Å². The molecule has 5 rings (SSSR count). The Balaban J connectivity index is 0.732. The fraction of sp³-hybridized carbons (Fsp3) is 0.582. The van der Waals surface area contributed by atoms with Crippen LogP contribution in [-0.4, -0.2) is 216 Å². The number of aliphatic imine (C=N–C) groups is 1. The number of hydrogen-bond donors (Lipinski definition) is 3. The third kappa shape index (κ3) is 25.9. The Morgan fingerprint density at radius 3 is 1.67 bits per heavy atom. The molecule has 0 unspecified atom stereocenters. The van der Waals surface area contributed by atoms with Crippen molar-refractivity contribution in [3.63, 3.8) is 0 Å². The molecule has 0 atom stereocenters. The van der Waals surface area contributed by atoms with Crippen molar-refractivity contribution in [3.8, 4) is 16.9 Å². The number of nitrogens with zero attached hydrogens (tertiary/aromatic N) is 4. The van der Waals surface area contributed by atoms with Crippen molar-refractivity contribution in [2.24, 2.45) is 16.6 Å². The van der Waals surface area contributed by atoms with Crippen LogP contribution in [0.4, 0.5) is 23.2 Å². The number of esters is 1. The molecule has 3 heterocycles. The van der Waals surface area contributed by atoms with E-state index in [4.69, 9.17) is 62.5 Å². The number of aromatic nitrogens is 1. The number of hydroxylamine groups is 2. The molecule has 2 aliphatic heterocycles. The summed E-state index contributed by atoms with van der Waals surface area (Å²) in [5.41, 5.74) is 10.2. The smallest absolute Gasteiger partial charge is 0.313 e. The average molecular weight is 1250 g/mol. The minimum atomic E-state index is -5.65. The summed E-state index contributed by atoms with van der Waals surface area (Å²) >= 11 is 1.63. The van der Waals surface area contributed by atoms with Gasteiger partial charge in [-0.05, 0) is 49.1 Å². The minimum Gasteiger partial charge on any atom is -0.420 e. The van der Waals surface area contributed by atoms with Crippen LogP contribution in [0.5, 0.6) is 5.75 Å². The number of pyridine rings is 1. The first-order valence-corrected chi connectivity index (χ1v) is 29.9. The molecule has 4 N–H and O–H groups in total. The Bertz CT molecular complexity index is 2700. The molecule has 0 aliphatic carbocycles. The average Bonchev–Trinajstić information content (AvgIpc) is 1.99. The number of amides is 2. The van der Waals surface area contributed by atoms with Crippen LogP contribution in [0.25, 0.3) is 17.2 Å². The molecular formula is C55H76F4N6O18S2. The van der Waals surface area contributed by atoms with Gasteiger partial charge in [0.05, 0.1) is 151 Å². The van der Waals surface area contributed by atoms with E-state index in [-0.39, 0.29) is 57.7 Å². The predicted molar refractivity (Wildman–Crippen MR) is 300 cm³/mol. The molecule has 474 valence electrons. The topological polar surface area (TPSA) is 286 Å². The van der Waals surface area contributed by atoms with Crippen LogP contribution in [0.1, 0.15) is 45.1 Å². The first kappa shape index (κ1) is 70.5. The molecule has 1 saturated heterocycles. The maximum absolute atomic E-state index is 14.0. The number of carbonyl (C=O) groups excluding carboxylic acids is 3. The van der Waals surface area contributed by atoms with Crippen LogP contribution in [0.15, 0.2) is 57.0 Å². The van der Waals surface area contributed by atoms with E-state index >= 15 is 0 Å². The van der Waals surface area contributed by atoms with Gasteiger partial charge in [-0.15, -0.1) is 0 Å². The van der Waals surface area contributed by atoms with Crippen LogP contribution in [0.2, 0.25) is 0 Å². The number of nitrogens with one attached hydrogen (secondary N) is 1. The zero-order chi connectivity index (χ0) is 61.2. The first-order valence-electron chi connectivity index (χ1n) is 27.7. The fourth-order valence-electron chi connectivity index (χ4n) is 7.77. The zero-order valence-corrected chi connectivity index (χ0v) is 49.3. The summed E-state index contributed by atoms with van der Waals surface area (Å²) in [6.07, 6.45) is 6.16. The first-order chi connectivity index (χ1) is 41.1. The third-order valence-corrected chi connectivity index (χ3v) is 13.8. The second-order valence-electron chi connectivity index (χ2n) is 18.6. The molecule has 85 heavy (non-hydrogen) atoms. The van der Waals surface area contributed by atoms with Gasteiger partial charge in [0.25, 0.3) is 5.91 Å². The summed E-state index contributed by atoms with van der Waals surface area (Å²) < 4.78 is 147. The Hall–Kier alpha value is -5.29. The van der Waals surface area contributed by atoms with Gasteiger partial charge in [0.1, 0.15) is 5.84 Å². The molecule has 1 fully saturated rings. The Morgan fingerprint density at radius 1 is 0.694 bits per heavy atom. The van der Waals surface area contributed by atoms with Gasteiger partial charge in [0, 0.05) is 78.9 Å².